The number of nitrogens with two attached hydrogens (primary N) is 1. The van der Waals surface area contributed by atoms with Crippen LogP contribution in [0.1, 0.15) is 5.56 Å². The maximum atomic E-state index is 13.7. The predicted molar refractivity (Wildman–Crippen MR) is 59.5 cm³/mol. The van der Waals surface area contributed by atoms with Gasteiger partial charge in [-0.2, -0.15) is 0 Å². The number of halogens is 1. The standard InChI is InChI=1S/C11H14FN3O/c12-9-3-1-2-8(6-13)11(9)15-5-4-14-10(16)7-15/h1-3H,4-7,13H2,(H,14,16). The van der Waals surface area contributed by atoms with E-state index in [1.807, 2.05) is 0 Å². The topological polar surface area (TPSA) is 58.4 Å². The molecule has 2 rings (SSSR count). The predicted octanol–water partition coefficient (Wildman–Crippen LogP) is 0.221. The molecule has 86 valence electrons. The van der Waals surface area contributed by atoms with Crippen LogP contribution in [0, 0.1) is 5.82 Å². The van der Waals surface area contributed by atoms with Crippen molar-refractivity contribution < 1.29 is 9.18 Å². The highest BCUT2D eigenvalue weighted by Crippen LogP contribution is 2.24. The highest BCUT2D eigenvalue weighted by Gasteiger charge is 2.21. The monoisotopic (exact) mass is 223 g/mol. The van der Waals surface area contributed by atoms with E-state index in [0.29, 0.717) is 18.8 Å². The van der Waals surface area contributed by atoms with Gasteiger partial charge in [-0.05, 0) is 11.6 Å². The van der Waals surface area contributed by atoms with Gasteiger partial charge in [0.05, 0.1) is 12.2 Å². The van der Waals surface area contributed by atoms with Gasteiger partial charge in [0.25, 0.3) is 0 Å². The van der Waals surface area contributed by atoms with Crippen molar-refractivity contribution in [2.45, 2.75) is 6.54 Å². The Hall–Kier alpha value is -1.62. The Bertz CT molecular complexity index is 408. The van der Waals surface area contributed by atoms with Gasteiger partial charge < -0.3 is 16.0 Å². The third kappa shape index (κ3) is 1.99. The first-order valence-electron chi connectivity index (χ1n) is 5.21. The summed E-state index contributed by atoms with van der Waals surface area (Å²) < 4.78 is 13.7. The van der Waals surface area contributed by atoms with E-state index >= 15 is 0 Å². The molecule has 1 aliphatic rings. The van der Waals surface area contributed by atoms with Crippen LogP contribution in [-0.2, 0) is 11.3 Å². The molecule has 1 heterocycles. The second-order valence-corrected chi connectivity index (χ2v) is 3.72. The molecule has 4 nitrogen and oxygen atoms in total. The van der Waals surface area contributed by atoms with Crippen molar-refractivity contribution >= 4 is 11.6 Å². The van der Waals surface area contributed by atoms with Gasteiger partial charge >= 0.3 is 0 Å². The van der Waals surface area contributed by atoms with E-state index in [4.69, 9.17) is 5.73 Å². The SMILES string of the molecule is NCc1cccc(F)c1N1CCNC(=O)C1. The molecule has 1 aromatic rings. The third-order valence-corrected chi connectivity index (χ3v) is 2.64. The van der Waals surface area contributed by atoms with Gasteiger partial charge in [0.15, 0.2) is 0 Å². The van der Waals surface area contributed by atoms with Crippen molar-refractivity contribution in [3.63, 3.8) is 0 Å². The molecule has 0 aliphatic carbocycles. The number of hydrogen-bond donors (Lipinski definition) is 2. The lowest BCUT2D eigenvalue weighted by Gasteiger charge is -2.30. The normalized spacial score (nSPS) is 16.1. The molecule has 0 atom stereocenters. The molecule has 3 N–H and O–H groups in total. The van der Waals surface area contributed by atoms with Crippen molar-refractivity contribution in [3.8, 4) is 0 Å². The number of hydrogen-bond acceptors (Lipinski definition) is 3. The molecule has 1 fully saturated rings. The molecule has 0 radical (unpaired) electrons. The maximum Gasteiger partial charge on any atom is 0.239 e. The van der Waals surface area contributed by atoms with Crippen molar-refractivity contribution in [2.75, 3.05) is 24.5 Å². The fourth-order valence-corrected chi connectivity index (χ4v) is 1.91. The van der Waals surface area contributed by atoms with Crippen LogP contribution in [0.5, 0.6) is 0 Å². The first kappa shape index (κ1) is 10.9. The Morgan fingerprint density at radius 2 is 2.31 bits per heavy atom. The molecule has 5 heteroatoms. The fourth-order valence-electron chi connectivity index (χ4n) is 1.91. The lowest BCUT2D eigenvalue weighted by atomic mass is 10.1. The number of carbonyl (C=O) groups is 1. The zero-order valence-electron chi connectivity index (χ0n) is 8.87. The lowest BCUT2D eigenvalue weighted by molar-refractivity contribution is -0.120. The molecule has 0 saturated carbocycles. The summed E-state index contributed by atoms with van der Waals surface area (Å²) in [4.78, 5) is 13.0. The Labute approximate surface area is 93.2 Å². The molecular weight excluding hydrogens is 209 g/mol. The highest BCUT2D eigenvalue weighted by atomic mass is 19.1. The van der Waals surface area contributed by atoms with Crippen LogP contribution in [0.2, 0.25) is 0 Å². The summed E-state index contributed by atoms with van der Waals surface area (Å²) in [6.45, 7) is 1.61. The minimum absolute atomic E-state index is 0.0857. The van der Waals surface area contributed by atoms with Gasteiger partial charge in [0, 0.05) is 19.6 Å². The summed E-state index contributed by atoms with van der Waals surface area (Å²) in [5.41, 5.74) is 6.76. The fraction of sp³-hybridized carbons (Fsp3) is 0.364. The smallest absolute Gasteiger partial charge is 0.239 e. The number of carbonyl (C=O) groups excluding carboxylic acids is 1. The number of rotatable bonds is 2. The number of amides is 1. The van der Waals surface area contributed by atoms with Gasteiger partial charge in [-0.25, -0.2) is 4.39 Å². The number of benzene rings is 1. The van der Waals surface area contributed by atoms with Crippen molar-refractivity contribution in [1.29, 1.82) is 0 Å². The third-order valence-electron chi connectivity index (χ3n) is 2.64. The van der Waals surface area contributed by atoms with E-state index < -0.39 is 0 Å². The van der Waals surface area contributed by atoms with Crippen molar-refractivity contribution in [2.24, 2.45) is 5.73 Å². The van der Waals surface area contributed by atoms with E-state index in [0.717, 1.165) is 5.56 Å². The van der Waals surface area contributed by atoms with Gasteiger partial charge in [0.2, 0.25) is 5.91 Å². The second-order valence-electron chi connectivity index (χ2n) is 3.72. The van der Waals surface area contributed by atoms with Crippen LogP contribution < -0.4 is 16.0 Å². The Morgan fingerprint density at radius 1 is 1.50 bits per heavy atom. The summed E-state index contributed by atoms with van der Waals surface area (Å²) in [5.74, 6) is -0.407. The van der Waals surface area contributed by atoms with E-state index in [-0.39, 0.29) is 24.8 Å². The Kier molecular flexibility index (Phi) is 3.05. The molecular formula is C11H14FN3O. The Balaban J connectivity index is 2.34. The second kappa shape index (κ2) is 4.49. The summed E-state index contributed by atoms with van der Waals surface area (Å²) in [5, 5.41) is 2.70. The van der Waals surface area contributed by atoms with Gasteiger partial charge in [0.1, 0.15) is 5.82 Å². The Morgan fingerprint density at radius 3 is 3.00 bits per heavy atom. The van der Waals surface area contributed by atoms with Crippen LogP contribution in [0.3, 0.4) is 0 Å². The van der Waals surface area contributed by atoms with Gasteiger partial charge in [-0.15, -0.1) is 0 Å². The molecule has 16 heavy (non-hydrogen) atoms. The van der Waals surface area contributed by atoms with Crippen molar-refractivity contribution in [3.05, 3.63) is 29.6 Å². The summed E-state index contributed by atoms with van der Waals surface area (Å²) in [6.07, 6.45) is 0. The molecule has 1 aliphatic heterocycles. The molecule has 0 aromatic heterocycles. The minimum atomic E-state index is -0.322. The summed E-state index contributed by atoms with van der Waals surface area (Å²) in [6, 6.07) is 4.80. The van der Waals surface area contributed by atoms with Gasteiger partial charge in [-0.3, -0.25) is 4.79 Å². The number of nitrogens with zero attached hydrogens (tertiary/aromatic N) is 1. The number of piperazine rings is 1. The highest BCUT2D eigenvalue weighted by molar-refractivity contribution is 5.83. The number of para-hydroxylation sites is 1. The van der Waals surface area contributed by atoms with Crippen LogP contribution in [0.4, 0.5) is 10.1 Å². The van der Waals surface area contributed by atoms with E-state index in [9.17, 15) is 9.18 Å². The van der Waals surface area contributed by atoms with Crippen molar-refractivity contribution in [1.82, 2.24) is 5.32 Å². The molecule has 0 unspecified atom stereocenters. The van der Waals surface area contributed by atoms with E-state index in [1.54, 1.807) is 17.0 Å². The first-order chi connectivity index (χ1) is 7.72. The zero-order chi connectivity index (χ0) is 11.5. The van der Waals surface area contributed by atoms with E-state index in [2.05, 4.69) is 5.32 Å². The molecule has 0 bridgehead atoms. The molecule has 1 saturated heterocycles. The first-order valence-corrected chi connectivity index (χ1v) is 5.21. The van der Waals surface area contributed by atoms with Crippen LogP contribution in [0.25, 0.3) is 0 Å². The summed E-state index contributed by atoms with van der Waals surface area (Å²) in [7, 11) is 0. The number of nitrogens with one attached hydrogen (secondary N) is 1. The molecule has 1 amide bonds. The molecule has 0 spiro atoms. The van der Waals surface area contributed by atoms with Crippen LogP contribution >= 0.6 is 0 Å². The average Bonchev–Trinajstić information content (AvgIpc) is 2.28. The largest absolute Gasteiger partial charge is 0.358 e. The van der Waals surface area contributed by atoms with E-state index in [1.165, 1.54) is 6.07 Å². The van der Waals surface area contributed by atoms with Crippen LogP contribution in [-0.4, -0.2) is 25.5 Å². The number of anilines is 1. The zero-order valence-corrected chi connectivity index (χ0v) is 8.87. The quantitative estimate of drug-likeness (QED) is 0.754. The molecule has 1 aromatic carbocycles. The maximum absolute atomic E-state index is 13.7. The lowest BCUT2D eigenvalue weighted by Crippen LogP contribution is -2.48. The van der Waals surface area contributed by atoms with Crippen LogP contribution in [0.15, 0.2) is 18.2 Å². The average molecular weight is 223 g/mol. The van der Waals surface area contributed by atoms with Gasteiger partial charge in [-0.1, -0.05) is 12.1 Å². The minimum Gasteiger partial charge on any atom is -0.358 e. The summed E-state index contributed by atoms with van der Waals surface area (Å²) >= 11 is 0.